The predicted molar refractivity (Wildman–Crippen MR) is 177 cm³/mol. The van der Waals surface area contributed by atoms with Gasteiger partial charge < -0.3 is 15.4 Å². The zero-order valence-electron chi connectivity index (χ0n) is 26.0. The lowest BCUT2D eigenvalue weighted by atomic mass is 10.2. The van der Waals surface area contributed by atoms with E-state index < -0.39 is 23.0 Å². The van der Waals surface area contributed by atoms with Gasteiger partial charge in [0.15, 0.2) is 0 Å². The molecule has 2 amide bonds. The number of rotatable bonds is 11. The van der Waals surface area contributed by atoms with E-state index in [1.54, 1.807) is 18.2 Å². The molecule has 1 heterocycles. The van der Waals surface area contributed by atoms with Gasteiger partial charge in [-0.1, -0.05) is 76.9 Å². The number of methoxy groups -OCH3 is 1. The molecular weight excluding hydrogens is 613 g/mol. The van der Waals surface area contributed by atoms with Crippen LogP contribution < -0.4 is 15.4 Å². The lowest BCUT2D eigenvalue weighted by molar-refractivity contribution is -0.142. The van der Waals surface area contributed by atoms with Crippen molar-refractivity contribution in [3.63, 3.8) is 0 Å². The fourth-order valence-electron chi connectivity index (χ4n) is 2.97. The lowest BCUT2D eigenvalue weighted by Crippen LogP contribution is -2.40. The Bertz CT molecular complexity index is 1220. The van der Waals surface area contributed by atoms with Gasteiger partial charge in [-0.25, -0.2) is 13.3 Å². The molecule has 43 heavy (non-hydrogen) atoms. The number of ether oxygens (including phenoxy) is 1. The summed E-state index contributed by atoms with van der Waals surface area (Å²) in [5.74, 6) is -0.530. The number of benzene rings is 2. The van der Waals surface area contributed by atoms with Crippen molar-refractivity contribution in [2.75, 3.05) is 26.5 Å². The van der Waals surface area contributed by atoms with Crippen molar-refractivity contribution in [1.82, 2.24) is 15.4 Å². The van der Waals surface area contributed by atoms with Gasteiger partial charge >= 0.3 is 5.97 Å². The van der Waals surface area contributed by atoms with Gasteiger partial charge in [-0.3, -0.25) is 14.4 Å². The van der Waals surface area contributed by atoms with E-state index in [1.165, 1.54) is 43.3 Å². The summed E-state index contributed by atoms with van der Waals surface area (Å²) in [6.07, 6.45) is 3.58. The van der Waals surface area contributed by atoms with Gasteiger partial charge in [-0.15, -0.1) is 11.3 Å². The Labute approximate surface area is 266 Å². The van der Waals surface area contributed by atoms with E-state index in [2.05, 4.69) is 40.9 Å². The Kier molecular flexibility index (Phi) is 22.0. The molecule has 2 unspecified atom stereocenters. The zero-order chi connectivity index (χ0) is 32.8. The topological polar surface area (TPSA) is 114 Å². The van der Waals surface area contributed by atoms with Crippen molar-refractivity contribution >= 4 is 61.8 Å². The molecule has 0 saturated heterocycles. The maximum atomic E-state index is 12.2. The number of hydrogen-bond donors (Lipinski definition) is 3. The number of fused-ring (bicyclic) bond motifs is 1. The van der Waals surface area contributed by atoms with E-state index >= 15 is 0 Å². The Hall–Kier alpha value is -2.86. The van der Waals surface area contributed by atoms with Gasteiger partial charge in [0.05, 0.1) is 29.5 Å². The zero-order valence-corrected chi connectivity index (χ0v) is 28.4. The monoisotopic (exact) mass is 657 g/mol. The van der Waals surface area contributed by atoms with Crippen LogP contribution in [0.15, 0.2) is 54.6 Å². The summed E-state index contributed by atoms with van der Waals surface area (Å²) in [5.41, 5.74) is 0. The number of amides is 2. The van der Waals surface area contributed by atoms with Crippen molar-refractivity contribution in [2.24, 2.45) is 5.92 Å². The highest BCUT2D eigenvalue weighted by molar-refractivity contribution is 7.82. The van der Waals surface area contributed by atoms with E-state index in [0.717, 1.165) is 16.0 Å². The minimum atomic E-state index is -1.35. The molecule has 3 N–H and O–H groups in total. The van der Waals surface area contributed by atoms with E-state index in [-0.39, 0.29) is 24.2 Å². The minimum Gasteiger partial charge on any atom is -0.468 e. The van der Waals surface area contributed by atoms with Crippen LogP contribution in [0.5, 0.6) is 0 Å². The average Bonchev–Trinajstić information content (AvgIpc) is 3.43. The maximum absolute atomic E-state index is 12.2. The number of carbonyl (C=O) groups excluding carboxylic acids is 3. The van der Waals surface area contributed by atoms with E-state index in [9.17, 15) is 23.0 Å². The fraction of sp³-hybridized carbons (Fsp3) is 0.452. The minimum absolute atomic E-state index is 0.134. The van der Waals surface area contributed by atoms with Crippen LogP contribution in [-0.4, -0.2) is 54.5 Å². The molecule has 0 aliphatic rings. The van der Waals surface area contributed by atoms with Gasteiger partial charge in [0.25, 0.3) is 5.91 Å². The maximum Gasteiger partial charge on any atom is 0.323 e. The van der Waals surface area contributed by atoms with Crippen molar-refractivity contribution in [3.05, 3.63) is 70.3 Å². The first-order valence-electron chi connectivity index (χ1n) is 14.1. The summed E-state index contributed by atoms with van der Waals surface area (Å²) in [5, 5.41) is 6.70. The second kappa shape index (κ2) is 23.6. The van der Waals surface area contributed by atoms with Gasteiger partial charge in [0, 0.05) is 22.5 Å². The second-order valence-corrected chi connectivity index (χ2v) is 11.9. The van der Waals surface area contributed by atoms with Crippen LogP contribution in [0.25, 0.3) is 10.1 Å². The molecule has 0 radical (unpaired) electrons. The molecule has 0 aliphatic heterocycles. The smallest absolute Gasteiger partial charge is 0.323 e. The first-order valence-corrected chi connectivity index (χ1v) is 16.8. The Morgan fingerprint density at radius 3 is 2.21 bits per heavy atom. The molecule has 0 fully saturated rings. The van der Waals surface area contributed by atoms with Crippen LogP contribution in [0.3, 0.4) is 0 Å². The molecule has 3 rings (SSSR count). The normalized spacial score (nSPS) is 11.4. The summed E-state index contributed by atoms with van der Waals surface area (Å²) in [6, 6.07) is 14.6. The third-order valence-corrected chi connectivity index (χ3v) is 7.41. The molecule has 2 atom stereocenters. The van der Waals surface area contributed by atoms with Gasteiger partial charge in [-0.2, -0.15) is 0 Å². The number of thiophene rings is 1. The Morgan fingerprint density at radius 2 is 1.70 bits per heavy atom. The van der Waals surface area contributed by atoms with E-state index in [4.69, 9.17) is 11.6 Å². The van der Waals surface area contributed by atoms with Gasteiger partial charge in [0.1, 0.15) is 11.9 Å². The third kappa shape index (κ3) is 18.4. The molecule has 0 spiro atoms. The molecule has 12 heteroatoms. The average molecular weight is 658 g/mol. The van der Waals surface area contributed by atoms with Crippen molar-refractivity contribution < 1.29 is 27.7 Å². The van der Waals surface area contributed by atoms with E-state index in [1.807, 2.05) is 38.1 Å². The largest absolute Gasteiger partial charge is 0.468 e. The third-order valence-electron chi connectivity index (χ3n) is 5.45. The molecular formula is C31H45ClFN3O5S2. The number of nitrogens with one attached hydrogen (secondary N) is 3. The Morgan fingerprint density at radius 1 is 1.05 bits per heavy atom. The highest BCUT2D eigenvalue weighted by Gasteiger charge is 2.19. The molecule has 3 aromatic rings. The Balaban J connectivity index is 0.000000962. The summed E-state index contributed by atoms with van der Waals surface area (Å²) < 4.78 is 31.6. The predicted octanol–water partition coefficient (Wildman–Crippen LogP) is 6.51. The van der Waals surface area contributed by atoms with Crippen molar-refractivity contribution in [3.8, 4) is 0 Å². The molecule has 240 valence electrons. The van der Waals surface area contributed by atoms with Gasteiger partial charge in [-0.05, 0) is 54.5 Å². The second-order valence-electron chi connectivity index (χ2n) is 9.21. The number of carbonyl (C=O) groups is 3. The molecule has 1 aromatic heterocycles. The first kappa shape index (κ1) is 40.1. The highest BCUT2D eigenvalue weighted by atomic mass is 35.5. The van der Waals surface area contributed by atoms with Crippen LogP contribution in [-0.2, 0) is 25.3 Å². The standard InChI is InChI=1S/C18H23N3O5S2.C6H4ClF.C5H12.C2H6/c1-26-18(24)13(21-28(2)25)7-5-9-19-16(22)11-20-17(23)15-10-12-6-3-4-8-14(12)27-15;7-5-2-1-3-6(8)4-5;1-4-5(2)3;1-2/h3-4,6,8,10,13,21H,5,7,9,11H2,1-2H3,(H,19,22)(H,20,23);1-4H;5H,4H2,1-3H3;1-2H3. The SMILES string of the molecule is CC.CCC(C)C.COC(=O)C(CCCNC(=O)CNC(=O)c1cc2ccccc2s1)NS(C)=O.Fc1cccc(Cl)c1. The molecule has 0 aliphatic carbocycles. The molecule has 2 aromatic carbocycles. The van der Waals surface area contributed by atoms with Crippen LogP contribution in [0.4, 0.5) is 4.39 Å². The van der Waals surface area contributed by atoms with Crippen LogP contribution in [0.2, 0.25) is 5.02 Å². The highest BCUT2D eigenvalue weighted by Crippen LogP contribution is 2.24. The molecule has 0 saturated carbocycles. The lowest BCUT2D eigenvalue weighted by Gasteiger charge is -2.14. The summed E-state index contributed by atoms with van der Waals surface area (Å²) in [4.78, 5) is 36.2. The fourth-order valence-corrected chi connectivity index (χ4v) is 4.74. The van der Waals surface area contributed by atoms with Gasteiger partial charge in [0.2, 0.25) is 5.91 Å². The van der Waals surface area contributed by atoms with Crippen molar-refractivity contribution in [1.29, 1.82) is 0 Å². The van der Waals surface area contributed by atoms with Crippen LogP contribution in [0.1, 0.15) is 63.6 Å². The van der Waals surface area contributed by atoms with Crippen LogP contribution >= 0.6 is 22.9 Å². The van der Waals surface area contributed by atoms with Crippen molar-refractivity contribution in [2.45, 2.75) is 59.9 Å². The number of hydrogen-bond acceptors (Lipinski definition) is 6. The molecule has 8 nitrogen and oxygen atoms in total. The summed E-state index contributed by atoms with van der Waals surface area (Å²) >= 11 is 6.78. The summed E-state index contributed by atoms with van der Waals surface area (Å²) in [7, 11) is -0.0889. The summed E-state index contributed by atoms with van der Waals surface area (Å²) in [6.45, 7) is 10.8. The van der Waals surface area contributed by atoms with E-state index in [0.29, 0.717) is 29.3 Å². The number of halogens is 2. The molecule has 0 bridgehead atoms. The van der Waals surface area contributed by atoms with Crippen LogP contribution in [0, 0.1) is 11.7 Å². The quantitative estimate of drug-likeness (QED) is 0.161. The first-order chi connectivity index (χ1) is 20.5. The number of esters is 1.